The average molecular weight is 395 g/mol. The van der Waals surface area contributed by atoms with Gasteiger partial charge >= 0.3 is 0 Å². The molecule has 0 radical (unpaired) electrons. The van der Waals surface area contributed by atoms with Gasteiger partial charge in [0.15, 0.2) is 11.6 Å². The molecule has 25 heavy (non-hydrogen) atoms. The van der Waals surface area contributed by atoms with Crippen LogP contribution in [0.4, 0.5) is 17.3 Å². The third kappa shape index (κ3) is 4.39. The normalized spacial score (nSPS) is 11.1. The van der Waals surface area contributed by atoms with Gasteiger partial charge in [0.25, 0.3) is 10.0 Å². The molecule has 0 bridgehead atoms. The molecule has 3 rings (SSSR count). The molecule has 0 fully saturated rings. The van der Waals surface area contributed by atoms with Crippen molar-refractivity contribution in [1.82, 2.24) is 10.2 Å². The maximum atomic E-state index is 12.3. The third-order valence-corrected chi connectivity index (χ3v) is 5.12. The summed E-state index contributed by atoms with van der Waals surface area (Å²) in [4.78, 5) is 0.0805. The van der Waals surface area contributed by atoms with E-state index in [-0.39, 0.29) is 10.7 Å². The van der Waals surface area contributed by atoms with E-state index in [1.807, 2.05) is 12.1 Å². The van der Waals surface area contributed by atoms with Gasteiger partial charge in [0.05, 0.1) is 15.6 Å². The molecule has 0 saturated carbocycles. The van der Waals surface area contributed by atoms with Crippen molar-refractivity contribution in [3.8, 4) is 0 Å². The fourth-order valence-electron chi connectivity index (χ4n) is 1.96. The van der Waals surface area contributed by atoms with Gasteiger partial charge in [-0.25, -0.2) is 8.42 Å². The fourth-order valence-corrected chi connectivity index (χ4v) is 3.27. The zero-order chi connectivity index (χ0) is 17.9. The number of halogens is 2. The number of nitrogens with zero attached hydrogens (tertiary/aromatic N) is 2. The van der Waals surface area contributed by atoms with Gasteiger partial charge in [-0.15, -0.1) is 10.2 Å². The number of rotatable bonds is 5. The first-order valence-electron chi connectivity index (χ1n) is 7.08. The van der Waals surface area contributed by atoms with Crippen LogP contribution in [0.2, 0.25) is 10.0 Å². The summed E-state index contributed by atoms with van der Waals surface area (Å²) in [6.07, 6.45) is 0. The van der Waals surface area contributed by atoms with E-state index in [2.05, 4.69) is 20.2 Å². The summed E-state index contributed by atoms with van der Waals surface area (Å²) in [7, 11) is -3.76. The Labute approximate surface area is 154 Å². The monoisotopic (exact) mass is 394 g/mol. The first kappa shape index (κ1) is 17.5. The minimum absolute atomic E-state index is 0.0805. The molecule has 0 saturated heterocycles. The first-order valence-corrected chi connectivity index (χ1v) is 9.32. The Hall–Kier alpha value is -2.35. The van der Waals surface area contributed by atoms with Crippen LogP contribution in [0.3, 0.4) is 0 Å². The topological polar surface area (TPSA) is 84.0 Å². The number of para-hydroxylation sites is 1. The molecular weight excluding hydrogens is 383 g/mol. The van der Waals surface area contributed by atoms with Crippen LogP contribution in [0.5, 0.6) is 0 Å². The first-order chi connectivity index (χ1) is 11.9. The largest absolute Gasteiger partial charge is 0.338 e. The van der Waals surface area contributed by atoms with Crippen molar-refractivity contribution in [3.05, 3.63) is 70.7 Å². The molecule has 2 N–H and O–H groups in total. The quantitative estimate of drug-likeness (QED) is 0.672. The number of benzene rings is 2. The fraction of sp³-hybridized carbons (Fsp3) is 0. The van der Waals surface area contributed by atoms with Crippen LogP contribution >= 0.6 is 23.2 Å². The van der Waals surface area contributed by atoms with E-state index in [0.29, 0.717) is 21.6 Å². The van der Waals surface area contributed by atoms with Crippen molar-refractivity contribution in [2.75, 3.05) is 10.0 Å². The molecule has 0 atom stereocenters. The Kier molecular flexibility index (Phi) is 5.08. The Bertz CT molecular complexity index is 978. The number of hydrogen-bond donors (Lipinski definition) is 2. The standard InChI is InChI=1S/C16H12Cl2N4O2S/c17-11-5-7-12(8-6-11)25(23,24)22-16-10-9-15(20-21-16)19-14-4-2-1-3-13(14)18/h1-10H,(H,19,20)(H,21,22). The van der Waals surface area contributed by atoms with Crippen LogP contribution in [0.15, 0.2) is 65.6 Å². The Balaban J connectivity index is 1.74. The van der Waals surface area contributed by atoms with E-state index in [1.165, 1.54) is 30.3 Å². The molecule has 128 valence electrons. The van der Waals surface area contributed by atoms with Crippen LogP contribution in [0.25, 0.3) is 0 Å². The van der Waals surface area contributed by atoms with Gasteiger partial charge in [0.2, 0.25) is 0 Å². The zero-order valence-electron chi connectivity index (χ0n) is 12.6. The lowest BCUT2D eigenvalue weighted by atomic mass is 10.3. The average Bonchev–Trinajstić information content (AvgIpc) is 2.59. The highest BCUT2D eigenvalue weighted by Gasteiger charge is 2.15. The van der Waals surface area contributed by atoms with E-state index in [0.717, 1.165) is 0 Å². The lowest BCUT2D eigenvalue weighted by Crippen LogP contribution is -2.14. The number of sulfonamides is 1. The molecule has 0 unspecified atom stereocenters. The third-order valence-electron chi connectivity index (χ3n) is 3.16. The van der Waals surface area contributed by atoms with Crippen molar-refractivity contribution in [2.45, 2.75) is 4.90 Å². The molecule has 1 aromatic heterocycles. The lowest BCUT2D eigenvalue weighted by molar-refractivity contribution is 0.601. The molecule has 0 spiro atoms. The molecule has 0 amide bonds. The van der Waals surface area contributed by atoms with Crippen LogP contribution in [-0.4, -0.2) is 18.6 Å². The highest BCUT2D eigenvalue weighted by Crippen LogP contribution is 2.24. The van der Waals surface area contributed by atoms with Crippen molar-refractivity contribution in [1.29, 1.82) is 0 Å². The summed E-state index contributed by atoms with van der Waals surface area (Å²) in [6, 6.07) is 16.1. The molecule has 0 aliphatic rings. The van der Waals surface area contributed by atoms with Gasteiger partial charge in [0, 0.05) is 5.02 Å². The van der Waals surface area contributed by atoms with Gasteiger partial charge in [-0.05, 0) is 48.5 Å². The number of anilines is 3. The second kappa shape index (κ2) is 7.26. The maximum Gasteiger partial charge on any atom is 0.263 e. The van der Waals surface area contributed by atoms with Crippen molar-refractivity contribution in [3.63, 3.8) is 0 Å². The minimum atomic E-state index is -3.76. The predicted molar refractivity (Wildman–Crippen MR) is 99.0 cm³/mol. The van der Waals surface area contributed by atoms with Crippen LogP contribution in [0, 0.1) is 0 Å². The van der Waals surface area contributed by atoms with E-state index >= 15 is 0 Å². The molecule has 1 heterocycles. The number of nitrogens with one attached hydrogen (secondary N) is 2. The lowest BCUT2D eigenvalue weighted by Gasteiger charge is -2.09. The summed E-state index contributed by atoms with van der Waals surface area (Å²) >= 11 is 11.8. The van der Waals surface area contributed by atoms with Gasteiger partial charge in [0.1, 0.15) is 0 Å². The zero-order valence-corrected chi connectivity index (χ0v) is 15.0. The molecule has 0 aliphatic heterocycles. The molecule has 3 aromatic rings. The van der Waals surface area contributed by atoms with E-state index in [9.17, 15) is 8.42 Å². The maximum absolute atomic E-state index is 12.3. The highest BCUT2D eigenvalue weighted by molar-refractivity contribution is 7.92. The smallest absolute Gasteiger partial charge is 0.263 e. The molecule has 0 aliphatic carbocycles. The van der Waals surface area contributed by atoms with Gasteiger partial charge in [-0.2, -0.15) is 0 Å². The SMILES string of the molecule is O=S(=O)(Nc1ccc(Nc2ccccc2Cl)nn1)c1ccc(Cl)cc1. The Morgan fingerprint density at radius 3 is 2.08 bits per heavy atom. The van der Waals surface area contributed by atoms with Crippen molar-refractivity contribution in [2.24, 2.45) is 0 Å². The van der Waals surface area contributed by atoms with Gasteiger partial charge < -0.3 is 5.32 Å². The van der Waals surface area contributed by atoms with Crippen molar-refractivity contribution >= 4 is 50.5 Å². The van der Waals surface area contributed by atoms with Gasteiger partial charge in [-0.3, -0.25) is 4.72 Å². The molecule has 9 heteroatoms. The number of hydrogen-bond acceptors (Lipinski definition) is 5. The molecule has 2 aromatic carbocycles. The Morgan fingerprint density at radius 1 is 0.800 bits per heavy atom. The highest BCUT2D eigenvalue weighted by atomic mass is 35.5. The van der Waals surface area contributed by atoms with Crippen molar-refractivity contribution < 1.29 is 8.42 Å². The second-order valence-corrected chi connectivity index (χ2v) is 7.49. The summed E-state index contributed by atoms with van der Waals surface area (Å²) in [5.41, 5.74) is 0.674. The predicted octanol–water partition coefficient (Wildman–Crippen LogP) is 4.33. The summed E-state index contributed by atoms with van der Waals surface area (Å²) < 4.78 is 26.9. The molecule has 6 nitrogen and oxygen atoms in total. The van der Waals surface area contributed by atoms with Crippen LogP contribution in [0.1, 0.15) is 0 Å². The summed E-state index contributed by atoms with van der Waals surface area (Å²) in [5, 5.41) is 11.8. The number of aromatic nitrogens is 2. The van der Waals surface area contributed by atoms with Gasteiger partial charge in [-0.1, -0.05) is 35.3 Å². The van der Waals surface area contributed by atoms with Crippen LogP contribution < -0.4 is 10.0 Å². The van der Waals surface area contributed by atoms with E-state index in [1.54, 1.807) is 18.2 Å². The summed E-state index contributed by atoms with van der Waals surface area (Å²) in [6.45, 7) is 0. The molecular formula is C16H12Cl2N4O2S. The minimum Gasteiger partial charge on any atom is -0.338 e. The van der Waals surface area contributed by atoms with Crippen LogP contribution in [-0.2, 0) is 10.0 Å². The van der Waals surface area contributed by atoms with E-state index < -0.39 is 10.0 Å². The Morgan fingerprint density at radius 2 is 1.44 bits per heavy atom. The summed E-state index contributed by atoms with van der Waals surface area (Å²) in [5.74, 6) is 0.530. The van der Waals surface area contributed by atoms with E-state index in [4.69, 9.17) is 23.2 Å². The second-order valence-electron chi connectivity index (χ2n) is 4.97.